The molecule has 0 saturated carbocycles. The van der Waals surface area contributed by atoms with Gasteiger partial charge in [0, 0.05) is 19.6 Å². The van der Waals surface area contributed by atoms with Crippen LogP contribution in [0.3, 0.4) is 0 Å². The van der Waals surface area contributed by atoms with Gasteiger partial charge in [-0.2, -0.15) is 0 Å². The summed E-state index contributed by atoms with van der Waals surface area (Å²) < 4.78 is 0. The van der Waals surface area contributed by atoms with Gasteiger partial charge in [0.2, 0.25) is 5.91 Å². The van der Waals surface area contributed by atoms with Gasteiger partial charge < -0.3 is 9.80 Å². The van der Waals surface area contributed by atoms with Crippen LogP contribution in [-0.4, -0.2) is 60.8 Å². The molecule has 0 aliphatic rings. The lowest BCUT2D eigenvalue weighted by Crippen LogP contribution is -2.48. The van der Waals surface area contributed by atoms with E-state index in [0.717, 1.165) is 6.54 Å². The average molecular weight is 278 g/mol. The Labute approximate surface area is 114 Å². The van der Waals surface area contributed by atoms with E-state index in [0.29, 0.717) is 19.0 Å². The van der Waals surface area contributed by atoms with Crippen LogP contribution in [-0.2, 0) is 4.79 Å². The third kappa shape index (κ3) is 7.50. The fourth-order valence-corrected chi connectivity index (χ4v) is 1.38. The predicted octanol–water partition coefficient (Wildman–Crippen LogP) is 1.37. The number of nitrogens with zero attached hydrogens (tertiary/aromatic N) is 2. The minimum Gasteiger partial charge on any atom is -0.323 e. The van der Waals surface area contributed by atoms with Gasteiger partial charge in [0.15, 0.2) is 0 Å². The normalized spacial score (nSPS) is 12.7. The van der Waals surface area contributed by atoms with Crippen molar-refractivity contribution in [2.24, 2.45) is 5.92 Å². The van der Waals surface area contributed by atoms with Gasteiger partial charge in [-0.25, -0.2) is 4.79 Å². The van der Waals surface area contributed by atoms with Gasteiger partial charge in [-0.15, -0.1) is 11.6 Å². The van der Waals surface area contributed by atoms with E-state index in [1.165, 1.54) is 6.92 Å². The summed E-state index contributed by atoms with van der Waals surface area (Å²) in [5.41, 5.74) is 0. The molecule has 106 valence electrons. The second kappa shape index (κ2) is 8.32. The molecule has 0 spiro atoms. The van der Waals surface area contributed by atoms with Crippen LogP contribution in [0.25, 0.3) is 0 Å². The van der Waals surface area contributed by atoms with Crippen LogP contribution < -0.4 is 5.32 Å². The minimum atomic E-state index is -0.705. The van der Waals surface area contributed by atoms with Gasteiger partial charge in [-0.1, -0.05) is 13.8 Å². The maximum atomic E-state index is 11.9. The fraction of sp³-hybridized carbons (Fsp3) is 0.833. The molecule has 18 heavy (non-hydrogen) atoms. The zero-order chi connectivity index (χ0) is 14.3. The van der Waals surface area contributed by atoms with Gasteiger partial charge in [0.05, 0.1) is 0 Å². The lowest BCUT2D eigenvalue weighted by atomic mass is 10.2. The van der Waals surface area contributed by atoms with Crippen LogP contribution in [0, 0.1) is 5.92 Å². The molecule has 0 rings (SSSR count). The molecule has 1 unspecified atom stereocenters. The van der Waals surface area contributed by atoms with Crippen molar-refractivity contribution in [3.63, 3.8) is 0 Å². The van der Waals surface area contributed by atoms with E-state index in [-0.39, 0.29) is 6.03 Å². The molecule has 0 radical (unpaired) electrons. The molecule has 0 fully saturated rings. The van der Waals surface area contributed by atoms with E-state index in [2.05, 4.69) is 5.32 Å². The van der Waals surface area contributed by atoms with Crippen LogP contribution in [0.2, 0.25) is 0 Å². The Hall–Kier alpha value is -0.810. The third-order valence-corrected chi connectivity index (χ3v) is 2.48. The van der Waals surface area contributed by atoms with Crippen LogP contribution in [0.1, 0.15) is 20.8 Å². The largest absolute Gasteiger partial charge is 0.324 e. The van der Waals surface area contributed by atoms with E-state index in [1.807, 2.05) is 32.8 Å². The molecule has 1 N–H and O–H groups in total. The highest BCUT2D eigenvalue weighted by Gasteiger charge is 2.19. The monoisotopic (exact) mass is 277 g/mol. The maximum absolute atomic E-state index is 11.9. The highest BCUT2D eigenvalue weighted by Crippen LogP contribution is 2.01. The summed E-state index contributed by atoms with van der Waals surface area (Å²) in [5.74, 6) is -0.110. The molecular weight excluding hydrogens is 254 g/mol. The summed E-state index contributed by atoms with van der Waals surface area (Å²) in [6.07, 6.45) is 0. The van der Waals surface area contributed by atoms with E-state index >= 15 is 0 Å². The number of carbonyl (C=O) groups is 2. The van der Waals surface area contributed by atoms with Crippen molar-refractivity contribution in [1.29, 1.82) is 0 Å². The van der Waals surface area contributed by atoms with E-state index in [9.17, 15) is 9.59 Å². The first kappa shape index (κ1) is 17.2. The molecular formula is C12H24ClN3O2. The van der Waals surface area contributed by atoms with Crippen molar-refractivity contribution in [3.05, 3.63) is 0 Å². The van der Waals surface area contributed by atoms with Crippen LogP contribution >= 0.6 is 11.6 Å². The van der Waals surface area contributed by atoms with Crippen molar-refractivity contribution < 1.29 is 9.59 Å². The SMILES string of the molecule is CC(C)CN(CCN(C)C)C(=O)NC(=O)C(C)Cl. The van der Waals surface area contributed by atoms with E-state index in [1.54, 1.807) is 4.90 Å². The highest BCUT2D eigenvalue weighted by molar-refractivity contribution is 6.31. The molecule has 0 saturated heterocycles. The summed E-state index contributed by atoms with van der Waals surface area (Å²) in [6.45, 7) is 7.55. The smallest absolute Gasteiger partial charge is 0.323 e. The minimum absolute atomic E-state index is 0.349. The molecule has 0 aromatic carbocycles. The number of rotatable bonds is 6. The number of hydrogen-bond donors (Lipinski definition) is 1. The first-order valence-electron chi connectivity index (χ1n) is 6.12. The molecule has 0 aliphatic heterocycles. The number of hydrogen-bond acceptors (Lipinski definition) is 3. The molecule has 0 aromatic heterocycles. The molecule has 0 heterocycles. The number of carbonyl (C=O) groups excluding carboxylic acids is 2. The molecule has 3 amide bonds. The number of imide groups is 1. The molecule has 6 heteroatoms. The Kier molecular flexibility index (Phi) is 7.95. The summed E-state index contributed by atoms with van der Waals surface area (Å²) in [7, 11) is 3.88. The Bertz CT molecular complexity index is 280. The first-order chi connectivity index (χ1) is 8.23. The molecule has 0 aliphatic carbocycles. The third-order valence-electron chi connectivity index (χ3n) is 2.28. The molecule has 1 atom stereocenters. The zero-order valence-electron chi connectivity index (χ0n) is 11.9. The average Bonchev–Trinajstić information content (AvgIpc) is 2.22. The number of amides is 3. The Balaban J connectivity index is 4.44. The standard InChI is InChI=1S/C12H24ClN3O2/c1-9(2)8-16(7-6-15(4)5)12(18)14-11(17)10(3)13/h9-10H,6-8H2,1-5H3,(H,14,17,18). The van der Waals surface area contributed by atoms with Crippen molar-refractivity contribution >= 4 is 23.5 Å². The van der Waals surface area contributed by atoms with Crippen LogP contribution in [0.5, 0.6) is 0 Å². The summed E-state index contributed by atoms with van der Waals surface area (Å²) in [6, 6.07) is -0.372. The Morgan fingerprint density at radius 2 is 1.72 bits per heavy atom. The molecule has 5 nitrogen and oxygen atoms in total. The molecule has 0 aromatic rings. The van der Waals surface area contributed by atoms with Gasteiger partial charge in [-0.05, 0) is 26.9 Å². The first-order valence-corrected chi connectivity index (χ1v) is 6.56. The predicted molar refractivity (Wildman–Crippen MR) is 73.8 cm³/mol. The van der Waals surface area contributed by atoms with Gasteiger partial charge in [-0.3, -0.25) is 10.1 Å². The zero-order valence-corrected chi connectivity index (χ0v) is 12.6. The van der Waals surface area contributed by atoms with Crippen molar-refractivity contribution in [2.75, 3.05) is 33.7 Å². The number of likely N-dealkylation sites (N-methyl/N-ethyl adjacent to an activating group) is 1. The quantitative estimate of drug-likeness (QED) is 0.746. The number of alkyl halides is 1. The topological polar surface area (TPSA) is 52.6 Å². The van der Waals surface area contributed by atoms with Gasteiger partial charge in [0.25, 0.3) is 0 Å². The second-order valence-corrected chi connectivity index (χ2v) is 5.71. The van der Waals surface area contributed by atoms with E-state index < -0.39 is 11.3 Å². The lowest BCUT2D eigenvalue weighted by molar-refractivity contribution is -0.119. The Morgan fingerprint density at radius 1 is 1.17 bits per heavy atom. The van der Waals surface area contributed by atoms with Gasteiger partial charge in [0.1, 0.15) is 5.38 Å². The highest BCUT2D eigenvalue weighted by atomic mass is 35.5. The molecule has 0 bridgehead atoms. The Morgan fingerprint density at radius 3 is 2.11 bits per heavy atom. The van der Waals surface area contributed by atoms with Crippen LogP contribution in [0.15, 0.2) is 0 Å². The van der Waals surface area contributed by atoms with Crippen molar-refractivity contribution in [1.82, 2.24) is 15.1 Å². The summed E-state index contributed by atoms with van der Waals surface area (Å²) in [5, 5.41) is 1.60. The summed E-state index contributed by atoms with van der Waals surface area (Å²) >= 11 is 5.62. The van der Waals surface area contributed by atoms with Gasteiger partial charge >= 0.3 is 6.03 Å². The van der Waals surface area contributed by atoms with Crippen molar-refractivity contribution in [3.8, 4) is 0 Å². The maximum Gasteiger partial charge on any atom is 0.324 e. The number of urea groups is 1. The van der Waals surface area contributed by atoms with Crippen molar-refractivity contribution in [2.45, 2.75) is 26.1 Å². The number of nitrogens with one attached hydrogen (secondary N) is 1. The summed E-state index contributed by atoms with van der Waals surface area (Å²) in [4.78, 5) is 26.9. The second-order valence-electron chi connectivity index (χ2n) is 5.05. The number of halogens is 1. The van der Waals surface area contributed by atoms with Crippen LogP contribution in [0.4, 0.5) is 4.79 Å². The van der Waals surface area contributed by atoms with E-state index in [4.69, 9.17) is 11.6 Å². The fourth-order valence-electron chi connectivity index (χ4n) is 1.32. The lowest BCUT2D eigenvalue weighted by Gasteiger charge is -2.26.